The summed E-state index contributed by atoms with van der Waals surface area (Å²) >= 11 is 13.5. The maximum absolute atomic E-state index is 5.91. The van der Waals surface area contributed by atoms with Crippen LogP contribution in [-0.4, -0.2) is 29.4 Å². The molecule has 15 heavy (non-hydrogen) atoms. The highest BCUT2D eigenvalue weighted by molar-refractivity contribution is 8.14. The van der Waals surface area contributed by atoms with Gasteiger partial charge < -0.3 is 4.90 Å². The summed E-state index contributed by atoms with van der Waals surface area (Å²) < 4.78 is 0. The van der Waals surface area contributed by atoms with E-state index in [9.17, 15) is 0 Å². The highest BCUT2D eigenvalue weighted by Crippen LogP contribution is 2.28. The Morgan fingerprint density at radius 2 is 2.13 bits per heavy atom. The Morgan fingerprint density at radius 3 is 2.73 bits per heavy atom. The zero-order valence-electron chi connectivity index (χ0n) is 8.20. The number of hydrogen-bond donors (Lipinski definition) is 0. The molecule has 80 valence electrons. The lowest BCUT2D eigenvalue weighted by molar-refractivity contribution is 0.563. The van der Waals surface area contributed by atoms with Crippen molar-refractivity contribution in [3.8, 4) is 0 Å². The Balaban J connectivity index is 2.27. The van der Waals surface area contributed by atoms with Crippen LogP contribution in [0.1, 0.15) is 0 Å². The van der Waals surface area contributed by atoms with Crippen LogP contribution >= 0.6 is 35.0 Å². The summed E-state index contributed by atoms with van der Waals surface area (Å²) in [7, 11) is 2.04. The first-order chi connectivity index (χ1) is 7.16. The molecule has 1 saturated heterocycles. The Hall–Kier alpha value is -0.380. The maximum Gasteiger partial charge on any atom is 0.164 e. The fraction of sp³-hybridized carbons (Fsp3) is 0.300. The Labute approximate surface area is 103 Å². The summed E-state index contributed by atoms with van der Waals surface area (Å²) in [6.07, 6.45) is 0. The summed E-state index contributed by atoms with van der Waals surface area (Å²) in [6, 6.07) is 5.42. The van der Waals surface area contributed by atoms with Crippen molar-refractivity contribution in [3.63, 3.8) is 0 Å². The first-order valence-corrected chi connectivity index (χ1v) is 6.28. The summed E-state index contributed by atoms with van der Waals surface area (Å²) in [5, 5.41) is 2.14. The number of rotatable bonds is 1. The SMILES string of the molecule is CN1CCSC1=Nc1ccc(Cl)c(Cl)c1. The van der Waals surface area contributed by atoms with Gasteiger partial charge in [-0.1, -0.05) is 35.0 Å². The first-order valence-electron chi connectivity index (χ1n) is 4.54. The van der Waals surface area contributed by atoms with E-state index in [4.69, 9.17) is 23.2 Å². The highest BCUT2D eigenvalue weighted by atomic mass is 35.5. The largest absolute Gasteiger partial charge is 0.353 e. The molecule has 0 saturated carbocycles. The van der Waals surface area contributed by atoms with Gasteiger partial charge in [0, 0.05) is 19.3 Å². The van der Waals surface area contributed by atoms with Crippen molar-refractivity contribution < 1.29 is 0 Å². The predicted molar refractivity (Wildman–Crippen MR) is 68.6 cm³/mol. The topological polar surface area (TPSA) is 15.6 Å². The van der Waals surface area contributed by atoms with Gasteiger partial charge in [-0.2, -0.15) is 0 Å². The maximum atomic E-state index is 5.91. The predicted octanol–water partition coefficient (Wildman–Crippen LogP) is 3.66. The number of thioether (sulfide) groups is 1. The molecule has 0 amide bonds. The van der Waals surface area contributed by atoms with E-state index in [1.54, 1.807) is 23.9 Å². The van der Waals surface area contributed by atoms with Crippen molar-refractivity contribution in [2.45, 2.75) is 0 Å². The smallest absolute Gasteiger partial charge is 0.164 e. The lowest BCUT2D eigenvalue weighted by Gasteiger charge is -2.09. The number of amidine groups is 1. The molecule has 1 aromatic rings. The van der Waals surface area contributed by atoms with Gasteiger partial charge in [-0.15, -0.1) is 0 Å². The van der Waals surface area contributed by atoms with Crippen molar-refractivity contribution in [3.05, 3.63) is 28.2 Å². The molecular formula is C10H10Cl2N2S. The van der Waals surface area contributed by atoms with Gasteiger partial charge in [0.25, 0.3) is 0 Å². The molecule has 2 nitrogen and oxygen atoms in total. The lowest BCUT2D eigenvalue weighted by atomic mass is 10.3. The minimum absolute atomic E-state index is 0.546. The van der Waals surface area contributed by atoms with Crippen molar-refractivity contribution in [1.82, 2.24) is 4.90 Å². The molecule has 0 spiro atoms. The molecule has 1 heterocycles. The second kappa shape index (κ2) is 4.64. The minimum Gasteiger partial charge on any atom is -0.353 e. The van der Waals surface area contributed by atoms with E-state index >= 15 is 0 Å². The van der Waals surface area contributed by atoms with Gasteiger partial charge >= 0.3 is 0 Å². The van der Waals surface area contributed by atoms with E-state index in [0.29, 0.717) is 10.0 Å². The summed E-state index contributed by atoms with van der Waals surface area (Å²) in [5.41, 5.74) is 0.848. The number of benzene rings is 1. The van der Waals surface area contributed by atoms with Gasteiger partial charge in [0.05, 0.1) is 15.7 Å². The standard InChI is InChI=1S/C10H10Cl2N2S/c1-14-4-5-15-10(14)13-7-2-3-8(11)9(12)6-7/h2-3,6H,4-5H2,1H3. The molecule has 2 rings (SSSR count). The number of aliphatic imine (C=N–C) groups is 1. The van der Waals surface area contributed by atoms with Crippen molar-refractivity contribution in [1.29, 1.82) is 0 Å². The van der Waals surface area contributed by atoms with E-state index in [0.717, 1.165) is 23.2 Å². The summed E-state index contributed by atoms with van der Waals surface area (Å²) in [5.74, 6) is 1.09. The Kier molecular flexibility index (Phi) is 3.44. The van der Waals surface area contributed by atoms with Crippen LogP contribution in [0.15, 0.2) is 23.2 Å². The zero-order valence-corrected chi connectivity index (χ0v) is 10.5. The third-order valence-electron chi connectivity index (χ3n) is 2.11. The monoisotopic (exact) mass is 260 g/mol. The van der Waals surface area contributed by atoms with Crippen molar-refractivity contribution in [2.24, 2.45) is 4.99 Å². The Bertz CT molecular complexity index is 406. The molecule has 0 aromatic heterocycles. The summed E-state index contributed by atoms with van der Waals surface area (Å²) in [4.78, 5) is 6.64. The molecule has 0 bridgehead atoms. The molecule has 5 heteroatoms. The van der Waals surface area contributed by atoms with Crippen LogP contribution in [-0.2, 0) is 0 Å². The molecule has 1 aliphatic heterocycles. The van der Waals surface area contributed by atoms with Crippen LogP contribution in [0.5, 0.6) is 0 Å². The van der Waals surface area contributed by atoms with E-state index in [1.165, 1.54) is 0 Å². The van der Waals surface area contributed by atoms with Crippen LogP contribution in [0.25, 0.3) is 0 Å². The molecule has 1 fully saturated rings. The summed E-state index contributed by atoms with van der Waals surface area (Å²) in [6.45, 7) is 1.05. The minimum atomic E-state index is 0.546. The number of nitrogens with zero attached hydrogens (tertiary/aromatic N) is 2. The van der Waals surface area contributed by atoms with Gasteiger partial charge in [-0.05, 0) is 18.2 Å². The van der Waals surface area contributed by atoms with Gasteiger partial charge in [0.2, 0.25) is 0 Å². The van der Waals surface area contributed by atoms with Crippen molar-refractivity contribution in [2.75, 3.05) is 19.3 Å². The zero-order chi connectivity index (χ0) is 10.8. The normalized spacial score (nSPS) is 18.9. The van der Waals surface area contributed by atoms with Crippen LogP contribution in [0.3, 0.4) is 0 Å². The second-order valence-corrected chi connectivity index (χ2v) is 5.14. The van der Waals surface area contributed by atoms with Crippen LogP contribution in [0, 0.1) is 0 Å². The molecule has 0 N–H and O–H groups in total. The van der Waals surface area contributed by atoms with Crippen LogP contribution in [0.2, 0.25) is 10.0 Å². The van der Waals surface area contributed by atoms with Crippen molar-refractivity contribution >= 4 is 45.8 Å². The van der Waals surface area contributed by atoms with E-state index in [2.05, 4.69) is 9.89 Å². The molecule has 0 radical (unpaired) electrons. The quantitative estimate of drug-likeness (QED) is 0.766. The fourth-order valence-corrected chi connectivity index (χ4v) is 2.58. The lowest BCUT2D eigenvalue weighted by Crippen LogP contribution is -2.17. The molecule has 0 atom stereocenters. The Morgan fingerprint density at radius 1 is 1.33 bits per heavy atom. The third kappa shape index (κ3) is 2.60. The first kappa shape index (κ1) is 11.1. The van der Waals surface area contributed by atoms with Gasteiger partial charge in [-0.3, -0.25) is 0 Å². The second-order valence-electron chi connectivity index (χ2n) is 3.26. The van der Waals surface area contributed by atoms with Gasteiger partial charge in [0.15, 0.2) is 5.17 Å². The fourth-order valence-electron chi connectivity index (χ4n) is 1.26. The van der Waals surface area contributed by atoms with Crippen LogP contribution in [0.4, 0.5) is 5.69 Å². The molecule has 1 aliphatic rings. The average molecular weight is 261 g/mol. The average Bonchev–Trinajstić information content (AvgIpc) is 2.59. The van der Waals surface area contributed by atoms with Crippen LogP contribution < -0.4 is 0 Å². The van der Waals surface area contributed by atoms with E-state index < -0.39 is 0 Å². The molecule has 0 unspecified atom stereocenters. The molecule has 0 aliphatic carbocycles. The molecular weight excluding hydrogens is 251 g/mol. The van der Waals surface area contributed by atoms with E-state index in [1.807, 2.05) is 13.1 Å². The highest BCUT2D eigenvalue weighted by Gasteiger charge is 2.14. The van der Waals surface area contributed by atoms with Gasteiger partial charge in [-0.25, -0.2) is 4.99 Å². The number of hydrogen-bond acceptors (Lipinski definition) is 2. The third-order valence-corrected chi connectivity index (χ3v) is 3.90. The van der Waals surface area contributed by atoms with E-state index in [-0.39, 0.29) is 0 Å². The molecule has 1 aromatic carbocycles. The number of halogens is 2. The van der Waals surface area contributed by atoms with Gasteiger partial charge in [0.1, 0.15) is 0 Å².